The Morgan fingerprint density at radius 2 is 1.24 bits per heavy atom. The lowest BCUT2D eigenvalue weighted by molar-refractivity contribution is -0.139. The molecule has 3 nitrogen and oxygen atoms in total. The first-order valence-corrected chi connectivity index (χ1v) is 10.7. The molecule has 0 rings (SSSR count). The lowest BCUT2D eigenvalue weighted by Gasteiger charge is -2.07. The Morgan fingerprint density at radius 1 is 0.760 bits per heavy atom. The van der Waals surface area contributed by atoms with E-state index in [1.54, 1.807) is 0 Å². The van der Waals surface area contributed by atoms with Gasteiger partial charge in [-0.25, -0.2) is 4.79 Å². The summed E-state index contributed by atoms with van der Waals surface area (Å²) in [5.41, 5.74) is 0.617. The molecular formula is C22H42O3. The Morgan fingerprint density at radius 3 is 1.80 bits per heavy atom. The summed E-state index contributed by atoms with van der Waals surface area (Å²) in [7, 11) is 0. The third-order valence-electron chi connectivity index (χ3n) is 4.66. The number of hydrogen-bond acceptors (Lipinski definition) is 3. The molecule has 3 heteroatoms. The molecule has 25 heavy (non-hydrogen) atoms. The van der Waals surface area contributed by atoms with Gasteiger partial charge in [-0.2, -0.15) is 0 Å². The minimum atomic E-state index is -0.228. The highest BCUT2D eigenvalue weighted by Crippen LogP contribution is 2.14. The molecule has 0 aromatic carbocycles. The summed E-state index contributed by atoms with van der Waals surface area (Å²) >= 11 is 0. The maximum absolute atomic E-state index is 11.8. The highest BCUT2D eigenvalue weighted by molar-refractivity contribution is 5.87. The molecule has 0 fully saturated rings. The molecule has 0 heterocycles. The summed E-state index contributed by atoms with van der Waals surface area (Å²) in [6.07, 6.45) is 18.9. The van der Waals surface area contributed by atoms with Crippen LogP contribution >= 0.6 is 0 Å². The predicted molar refractivity (Wildman–Crippen MR) is 107 cm³/mol. The van der Waals surface area contributed by atoms with E-state index in [1.165, 1.54) is 64.2 Å². The lowest BCUT2D eigenvalue weighted by Crippen LogP contribution is -2.08. The number of hydrogen-bond donors (Lipinski definition) is 1. The summed E-state index contributed by atoms with van der Waals surface area (Å²) in [6.45, 7) is 6.84. The van der Waals surface area contributed by atoms with E-state index in [0.717, 1.165) is 38.5 Å². The van der Waals surface area contributed by atoms with E-state index in [1.807, 2.05) is 0 Å². The van der Waals surface area contributed by atoms with Crippen molar-refractivity contribution in [1.82, 2.24) is 0 Å². The zero-order valence-corrected chi connectivity index (χ0v) is 16.7. The molecule has 1 N–H and O–H groups in total. The van der Waals surface area contributed by atoms with Crippen molar-refractivity contribution in [2.75, 3.05) is 13.2 Å². The number of carbonyl (C=O) groups excluding carboxylic acids is 1. The van der Waals surface area contributed by atoms with Gasteiger partial charge < -0.3 is 9.84 Å². The van der Waals surface area contributed by atoms with Gasteiger partial charge in [0.25, 0.3) is 0 Å². The zero-order chi connectivity index (χ0) is 18.6. The number of esters is 1. The second kappa shape index (κ2) is 19.5. The van der Waals surface area contributed by atoms with E-state index in [2.05, 4.69) is 13.5 Å². The Kier molecular flexibility index (Phi) is 18.8. The minimum Gasteiger partial charge on any atom is -0.462 e. The van der Waals surface area contributed by atoms with Crippen LogP contribution in [0.3, 0.4) is 0 Å². The number of rotatable bonds is 19. The van der Waals surface area contributed by atoms with Crippen molar-refractivity contribution in [3.63, 3.8) is 0 Å². The SMILES string of the molecule is C=C(CCCCCCCCCCCCC)C(=O)OCCCCCCO. The Hall–Kier alpha value is -0.830. The predicted octanol–water partition coefficient (Wildman–Crippen LogP) is 6.34. The summed E-state index contributed by atoms with van der Waals surface area (Å²) in [4.78, 5) is 11.8. The van der Waals surface area contributed by atoms with Crippen LogP contribution in [0.5, 0.6) is 0 Å². The number of ether oxygens (including phenoxy) is 1. The smallest absolute Gasteiger partial charge is 0.333 e. The molecule has 0 spiro atoms. The number of carbonyl (C=O) groups is 1. The first-order chi connectivity index (χ1) is 12.2. The summed E-state index contributed by atoms with van der Waals surface area (Å²) in [5.74, 6) is -0.228. The standard InChI is InChI=1S/C22H42O3/c1-3-4-5-6-7-8-9-10-11-12-15-18-21(2)22(24)25-20-17-14-13-16-19-23/h23H,2-20H2,1H3. The van der Waals surface area contributed by atoms with Gasteiger partial charge in [0.2, 0.25) is 0 Å². The number of unbranched alkanes of at least 4 members (excludes halogenated alkanes) is 13. The molecule has 0 aromatic rings. The van der Waals surface area contributed by atoms with Crippen LogP contribution in [-0.4, -0.2) is 24.3 Å². The van der Waals surface area contributed by atoms with Crippen LogP contribution in [-0.2, 0) is 9.53 Å². The molecule has 148 valence electrons. The first kappa shape index (κ1) is 24.2. The summed E-state index contributed by atoms with van der Waals surface area (Å²) < 4.78 is 5.23. The van der Waals surface area contributed by atoms with Crippen molar-refractivity contribution in [3.8, 4) is 0 Å². The van der Waals surface area contributed by atoms with Gasteiger partial charge in [0.1, 0.15) is 0 Å². The van der Waals surface area contributed by atoms with Gasteiger partial charge >= 0.3 is 5.97 Å². The fourth-order valence-electron chi connectivity index (χ4n) is 2.94. The van der Waals surface area contributed by atoms with Crippen molar-refractivity contribution in [2.45, 2.75) is 110 Å². The molecule has 0 aliphatic rings. The van der Waals surface area contributed by atoms with Crippen LogP contribution in [0.15, 0.2) is 12.2 Å². The lowest BCUT2D eigenvalue weighted by atomic mass is 10.0. The van der Waals surface area contributed by atoms with Crippen LogP contribution < -0.4 is 0 Å². The molecule has 0 atom stereocenters. The van der Waals surface area contributed by atoms with Crippen molar-refractivity contribution in [1.29, 1.82) is 0 Å². The Balaban J connectivity index is 3.32. The normalized spacial score (nSPS) is 10.8. The first-order valence-electron chi connectivity index (χ1n) is 10.7. The fraction of sp³-hybridized carbons (Fsp3) is 0.864. The molecule has 0 amide bonds. The molecular weight excluding hydrogens is 312 g/mol. The summed E-state index contributed by atoms with van der Waals surface area (Å²) in [5, 5.41) is 8.69. The Labute approximate surface area is 156 Å². The average molecular weight is 355 g/mol. The molecule has 0 saturated carbocycles. The molecule has 0 saturated heterocycles. The number of aliphatic hydroxyl groups excluding tert-OH is 1. The van der Waals surface area contributed by atoms with Gasteiger partial charge in [-0.15, -0.1) is 0 Å². The van der Waals surface area contributed by atoms with Gasteiger partial charge in [0.05, 0.1) is 6.61 Å². The Bertz CT molecular complexity index is 312. The molecule has 0 aliphatic carbocycles. The van der Waals surface area contributed by atoms with Gasteiger partial charge in [0.15, 0.2) is 0 Å². The maximum atomic E-state index is 11.8. The van der Waals surface area contributed by atoms with Crippen molar-refractivity contribution in [3.05, 3.63) is 12.2 Å². The van der Waals surface area contributed by atoms with E-state index < -0.39 is 0 Å². The van der Waals surface area contributed by atoms with E-state index in [9.17, 15) is 4.79 Å². The van der Waals surface area contributed by atoms with E-state index in [0.29, 0.717) is 12.2 Å². The van der Waals surface area contributed by atoms with Crippen molar-refractivity contribution < 1.29 is 14.6 Å². The van der Waals surface area contributed by atoms with Crippen LogP contribution in [0.2, 0.25) is 0 Å². The van der Waals surface area contributed by atoms with Gasteiger partial charge in [0, 0.05) is 12.2 Å². The fourth-order valence-corrected chi connectivity index (χ4v) is 2.94. The maximum Gasteiger partial charge on any atom is 0.333 e. The van der Waals surface area contributed by atoms with Gasteiger partial charge in [-0.3, -0.25) is 0 Å². The molecule has 0 bridgehead atoms. The molecule has 0 aromatic heterocycles. The van der Waals surface area contributed by atoms with Crippen LogP contribution in [0.25, 0.3) is 0 Å². The quantitative estimate of drug-likeness (QED) is 0.167. The minimum absolute atomic E-state index is 0.228. The average Bonchev–Trinajstić information content (AvgIpc) is 2.62. The largest absolute Gasteiger partial charge is 0.462 e. The van der Waals surface area contributed by atoms with E-state index in [-0.39, 0.29) is 12.6 Å². The van der Waals surface area contributed by atoms with Crippen molar-refractivity contribution >= 4 is 5.97 Å². The molecule has 0 aliphatic heterocycles. The second-order valence-corrected chi connectivity index (χ2v) is 7.16. The topological polar surface area (TPSA) is 46.5 Å². The molecule has 0 unspecified atom stereocenters. The zero-order valence-electron chi connectivity index (χ0n) is 16.7. The second-order valence-electron chi connectivity index (χ2n) is 7.16. The van der Waals surface area contributed by atoms with Gasteiger partial charge in [-0.05, 0) is 32.1 Å². The number of aliphatic hydroxyl groups is 1. The summed E-state index contributed by atoms with van der Waals surface area (Å²) in [6, 6.07) is 0. The van der Waals surface area contributed by atoms with Crippen LogP contribution in [0, 0.1) is 0 Å². The van der Waals surface area contributed by atoms with Crippen molar-refractivity contribution in [2.24, 2.45) is 0 Å². The highest BCUT2D eigenvalue weighted by atomic mass is 16.5. The van der Waals surface area contributed by atoms with Crippen LogP contribution in [0.1, 0.15) is 110 Å². The third-order valence-corrected chi connectivity index (χ3v) is 4.66. The van der Waals surface area contributed by atoms with E-state index in [4.69, 9.17) is 9.84 Å². The monoisotopic (exact) mass is 354 g/mol. The third kappa shape index (κ3) is 17.8. The van der Waals surface area contributed by atoms with Gasteiger partial charge in [-0.1, -0.05) is 84.1 Å². The molecule has 0 radical (unpaired) electrons. The van der Waals surface area contributed by atoms with E-state index >= 15 is 0 Å². The highest BCUT2D eigenvalue weighted by Gasteiger charge is 2.07. The van der Waals surface area contributed by atoms with Crippen LogP contribution in [0.4, 0.5) is 0 Å².